The average Bonchev–Trinajstić information content (AvgIpc) is 2.76. The third-order valence-corrected chi connectivity index (χ3v) is 3.92. The first-order valence-corrected chi connectivity index (χ1v) is 5.25. The van der Waals surface area contributed by atoms with Crippen molar-refractivity contribution in [1.82, 2.24) is 0 Å². The van der Waals surface area contributed by atoms with Crippen LogP contribution in [-0.2, 0) is 0 Å². The van der Waals surface area contributed by atoms with Gasteiger partial charge in [-0.25, -0.2) is 0 Å². The molecular formula is C12H18O2. The van der Waals surface area contributed by atoms with Gasteiger partial charge in [-0.3, -0.25) is 0 Å². The molecule has 0 radical (unpaired) electrons. The lowest BCUT2D eigenvalue weighted by molar-refractivity contribution is -0.00533. The van der Waals surface area contributed by atoms with Crippen molar-refractivity contribution in [1.29, 1.82) is 0 Å². The number of hydrogen-bond donors (Lipinski definition) is 2. The molecule has 0 amide bonds. The third kappa shape index (κ3) is 1.25. The summed E-state index contributed by atoms with van der Waals surface area (Å²) in [5, 5.41) is 19.5. The van der Waals surface area contributed by atoms with Crippen molar-refractivity contribution in [2.24, 2.45) is 23.7 Å². The quantitative estimate of drug-likeness (QED) is 0.666. The maximum absolute atomic E-state index is 10.2. The van der Waals surface area contributed by atoms with Gasteiger partial charge in [0.25, 0.3) is 0 Å². The van der Waals surface area contributed by atoms with Gasteiger partial charge < -0.3 is 10.2 Å². The molecule has 0 aromatic heterocycles. The molecule has 2 unspecified atom stereocenters. The Kier molecular flexibility index (Phi) is 2.28. The lowest BCUT2D eigenvalue weighted by Crippen LogP contribution is -2.41. The molecule has 0 spiro atoms. The minimum Gasteiger partial charge on any atom is -0.396 e. The van der Waals surface area contributed by atoms with E-state index in [1.54, 1.807) is 13.0 Å². The zero-order valence-corrected chi connectivity index (χ0v) is 8.56. The van der Waals surface area contributed by atoms with Crippen molar-refractivity contribution in [3.05, 3.63) is 24.8 Å². The van der Waals surface area contributed by atoms with Crippen LogP contribution in [0.1, 0.15) is 13.3 Å². The second kappa shape index (κ2) is 3.21. The Hall–Kier alpha value is -0.600. The average molecular weight is 194 g/mol. The van der Waals surface area contributed by atoms with E-state index < -0.39 is 5.60 Å². The molecule has 0 aliphatic heterocycles. The van der Waals surface area contributed by atoms with E-state index in [1.165, 1.54) is 0 Å². The van der Waals surface area contributed by atoms with E-state index in [0.717, 1.165) is 6.42 Å². The summed E-state index contributed by atoms with van der Waals surface area (Å²) >= 11 is 0. The van der Waals surface area contributed by atoms with E-state index in [1.807, 2.05) is 0 Å². The van der Waals surface area contributed by atoms with Crippen LogP contribution in [0.4, 0.5) is 0 Å². The van der Waals surface area contributed by atoms with Gasteiger partial charge in [0.15, 0.2) is 0 Å². The fourth-order valence-corrected chi connectivity index (χ4v) is 3.18. The zero-order valence-electron chi connectivity index (χ0n) is 8.56. The smallest absolute Gasteiger partial charge is 0.0834 e. The summed E-state index contributed by atoms with van der Waals surface area (Å²) < 4.78 is 0. The first-order valence-electron chi connectivity index (χ1n) is 5.25. The van der Waals surface area contributed by atoms with Crippen LogP contribution in [0.2, 0.25) is 0 Å². The second-order valence-electron chi connectivity index (χ2n) is 4.75. The number of fused-ring (bicyclic) bond motifs is 2. The number of rotatable bonds is 3. The van der Waals surface area contributed by atoms with E-state index in [2.05, 4.69) is 18.7 Å². The van der Waals surface area contributed by atoms with E-state index in [0.29, 0.717) is 11.8 Å². The van der Waals surface area contributed by atoms with Gasteiger partial charge in [0.05, 0.1) is 5.60 Å². The molecule has 0 aromatic rings. The Labute approximate surface area is 85.0 Å². The minimum absolute atomic E-state index is 0.139. The minimum atomic E-state index is -0.850. The number of allylic oxidation sites excluding steroid dienone is 2. The Morgan fingerprint density at radius 1 is 1.50 bits per heavy atom. The number of aliphatic hydroxyl groups is 2. The molecule has 0 heterocycles. The Bertz CT molecular complexity index is 267. The summed E-state index contributed by atoms with van der Waals surface area (Å²) in [7, 11) is 0. The van der Waals surface area contributed by atoms with Crippen molar-refractivity contribution in [3.63, 3.8) is 0 Å². The molecule has 1 saturated carbocycles. The van der Waals surface area contributed by atoms with Crippen LogP contribution in [0.25, 0.3) is 0 Å². The van der Waals surface area contributed by atoms with Gasteiger partial charge >= 0.3 is 0 Å². The number of aliphatic hydroxyl groups excluding tert-OH is 1. The first-order chi connectivity index (χ1) is 6.60. The molecule has 2 aliphatic carbocycles. The van der Waals surface area contributed by atoms with Crippen LogP contribution in [0.15, 0.2) is 24.8 Å². The van der Waals surface area contributed by atoms with E-state index >= 15 is 0 Å². The van der Waals surface area contributed by atoms with Crippen molar-refractivity contribution in [2.45, 2.75) is 18.9 Å². The summed E-state index contributed by atoms with van der Waals surface area (Å²) in [4.78, 5) is 0. The molecule has 78 valence electrons. The maximum Gasteiger partial charge on any atom is 0.0834 e. The van der Waals surface area contributed by atoms with Gasteiger partial charge in [-0.2, -0.15) is 0 Å². The Morgan fingerprint density at radius 2 is 2.14 bits per heavy atom. The van der Waals surface area contributed by atoms with Gasteiger partial charge in [0.2, 0.25) is 0 Å². The Morgan fingerprint density at radius 3 is 2.71 bits per heavy atom. The zero-order chi connectivity index (χ0) is 10.3. The fraction of sp³-hybridized carbons (Fsp3) is 0.667. The predicted octanol–water partition coefficient (Wildman–Crippen LogP) is 1.35. The van der Waals surface area contributed by atoms with Crippen molar-refractivity contribution in [3.8, 4) is 0 Å². The molecule has 0 saturated heterocycles. The van der Waals surface area contributed by atoms with Crippen LogP contribution in [-0.4, -0.2) is 22.4 Å². The molecule has 2 N–H and O–H groups in total. The monoisotopic (exact) mass is 194 g/mol. The first kappa shape index (κ1) is 9.94. The van der Waals surface area contributed by atoms with Crippen LogP contribution in [0.3, 0.4) is 0 Å². The highest BCUT2D eigenvalue weighted by atomic mass is 16.3. The summed E-state index contributed by atoms with van der Waals surface area (Å²) in [6, 6.07) is 0. The molecule has 2 heteroatoms. The predicted molar refractivity (Wildman–Crippen MR) is 55.6 cm³/mol. The summed E-state index contributed by atoms with van der Waals surface area (Å²) in [5.74, 6) is 1.23. The van der Waals surface area contributed by atoms with Crippen LogP contribution in [0.5, 0.6) is 0 Å². The second-order valence-corrected chi connectivity index (χ2v) is 4.75. The van der Waals surface area contributed by atoms with Crippen LogP contribution >= 0.6 is 0 Å². The molecule has 0 aromatic carbocycles. The van der Waals surface area contributed by atoms with Gasteiger partial charge in [0, 0.05) is 12.5 Å². The Balaban J connectivity index is 2.27. The lowest BCUT2D eigenvalue weighted by atomic mass is 9.73. The van der Waals surface area contributed by atoms with Gasteiger partial charge in [-0.05, 0) is 31.1 Å². The lowest BCUT2D eigenvalue weighted by Gasteiger charge is -2.36. The summed E-state index contributed by atoms with van der Waals surface area (Å²) in [6.07, 6.45) is 7.05. The molecule has 14 heavy (non-hydrogen) atoms. The van der Waals surface area contributed by atoms with Crippen LogP contribution in [0, 0.1) is 23.7 Å². The third-order valence-electron chi connectivity index (χ3n) is 3.92. The van der Waals surface area contributed by atoms with Crippen molar-refractivity contribution >= 4 is 0 Å². The van der Waals surface area contributed by atoms with Gasteiger partial charge in [0.1, 0.15) is 0 Å². The normalized spacial score (nSPS) is 43.9. The highest BCUT2D eigenvalue weighted by Gasteiger charge is 2.50. The molecule has 5 atom stereocenters. The molecule has 2 rings (SSSR count). The fourth-order valence-electron chi connectivity index (χ4n) is 3.18. The van der Waals surface area contributed by atoms with Gasteiger partial charge in [-0.15, -0.1) is 6.58 Å². The SMILES string of the molecule is C=C[C@](C)(O)[C@@H]1C2C=CC(C2)[C@@H]1CO. The summed E-state index contributed by atoms with van der Waals surface area (Å²) in [5.41, 5.74) is -0.850. The molecular weight excluding hydrogens is 176 g/mol. The van der Waals surface area contributed by atoms with Crippen molar-refractivity contribution in [2.75, 3.05) is 6.61 Å². The summed E-state index contributed by atoms with van der Waals surface area (Å²) in [6.45, 7) is 5.63. The number of hydrogen-bond acceptors (Lipinski definition) is 2. The highest BCUT2D eigenvalue weighted by molar-refractivity contribution is 5.19. The molecule has 2 aliphatic rings. The highest BCUT2D eigenvalue weighted by Crippen LogP contribution is 2.52. The molecule has 2 bridgehead atoms. The molecule has 2 nitrogen and oxygen atoms in total. The van der Waals surface area contributed by atoms with Crippen molar-refractivity contribution < 1.29 is 10.2 Å². The van der Waals surface area contributed by atoms with Gasteiger partial charge in [-0.1, -0.05) is 18.2 Å². The van der Waals surface area contributed by atoms with Crippen LogP contribution < -0.4 is 0 Å². The topological polar surface area (TPSA) is 40.5 Å². The largest absolute Gasteiger partial charge is 0.396 e. The maximum atomic E-state index is 10.2. The molecule has 1 fully saturated rings. The van der Waals surface area contributed by atoms with E-state index in [9.17, 15) is 10.2 Å². The standard InChI is InChI=1S/C12H18O2/c1-3-12(2,14)11-9-5-4-8(6-9)10(11)7-13/h3-5,8-11,13-14H,1,6-7H2,2H3/t8?,9?,10-,11+,12-/m0/s1. The van der Waals surface area contributed by atoms with E-state index in [-0.39, 0.29) is 18.4 Å². The van der Waals surface area contributed by atoms with E-state index in [4.69, 9.17) is 0 Å².